The molecular formula is C17H12FNO6. The molecule has 0 unspecified atom stereocenters. The van der Waals surface area contributed by atoms with Gasteiger partial charge in [-0.25, -0.2) is 4.39 Å². The summed E-state index contributed by atoms with van der Waals surface area (Å²) in [5, 5.41) is 11.6. The lowest BCUT2D eigenvalue weighted by Gasteiger charge is -2.05. The molecular weight excluding hydrogens is 333 g/mol. The van der Waals surface area contributed by atoms with Gasteiger partial charge in [0.1, 0.15) is 17.1 Å². The van der Waals surface area contributed by atoms with Crippen molar-refractivity contribution in [2.75, 3.05) is 7.11 Å². The van der Waals surface area contributed by atoms with E-state index in [1.165, 1.54) is 13.4 Å². The maximum absolute atomic E-state index is 13.3. The van der Waals surface area contributed by atoms with Gasteiger partial charge in [0.05, 0.1) is 24.7 Å². The number of ether oxygens (including phenoxy) is 2. The predicted molar refractivity (Wildman–Crippen MR) is 85.2 cm³/mol. The first-order chi connectivity index (χ1) is 12.0. The second-order valence-corrected chi connectivity index (χ2v) is 5.14. The summed E-state index contributed by atoms with van der Waals surface area (Å²) in [4.78, 5) is 22.3. The molecule has 128 valence electrons. The van der Waals surface area contributed by atoms with Gasteiger partial charge in [0.15, 0.2) is 0 Å². The molecule has 0 spiro atoms. The summed E-state index contributed by atoms with van der Waals surface area (Å²) >= 11 is 0. The van der Waals surface area contributed by atoms with E-state index >= 15 is 0 Å². The van der Waals surface area contributed by atoms with Crippen LogP contribution in [0.4, 0.5) is 10.1 Å². The highest BCUT2D eigenvalue weighted by Crippen LogP contribution is 2.29. The number of carbonyl (C=O) groups excluding carboxylic acids is 1. The Bertz CT molecular complexity index is 965. The molecule has 8 heteroatoms. The van der Waals surface area contributed by atoms with Gasteiger partial charge >= 0.3 is 11.7 Å². The van der Waals surface area contributed by atoms with E-state index in [2.05, 4.69) is 0 Å². The second-order valence-electron chi connectivity index (χ2n) is 5.14. The molecule has 0 aliphatic rings. The summed E-state index contributed by atoms with van der Waals surface area (Å²) in [5.41, 5.74) is 0.581. The Hall–Kier alpha value is -3.42. The fourth-order valence-corrected chi connectivity index (χ4v) is 2.36. The van der Waals surface area contributed by atoms with Gasteiger partial charge < -0.3 is 13.9 Å². The molecule has 0 bridgehead atoms. The number of hydrogen-bond donors (Lipinski definition) is 0. The molecule has 0 amide bonds. The molecule has 0 atom stereocenters. The number of carbonyl (C=O) groups is 1. The number of furan rings is 1. The van der Waals surface area contributed by atoms with E-state index < -0.39 is 28.1 Å². The summed E-state index contributed by atoms with van der Waals surface area (Å²) in [6.45, 7) is 0. The molecule has 0 saturated heterocycles. The van der Waals surface area contributed by atoms with Gasteiger partial charge in [0.2, 0.25) is 5.75 Å². The summed E-state index contributed by atoms with van der Waals surface area (Å²) in [5.74, 6) is -1.35. The number of nitro benzene ring substituents is 1. The summed E-state index contributed by atoms with van der Waals surface area (Å²) in [7, 11) is 1.52. The van der Waals surface area contributed by atoms with Crippen LogP contribution >= 0.6 is 0 Å². The van der Waals surface area contributed by atoms with Gasteiger partial charge in [-0.3, -0.25) is 14.9 Å². The van der Waals surface area contributed by atoms with Crippen molar-refractivity contribution in [2.24, 2.45) is 0 Å². The average Bonchev–Trinajstić information content (AvgIpc) is 2.96. The van der Waals surface area contributed by atoms with Gasteiger partial charge in [-0.1, -0.05) is 0 Å². The van der Waals surface area contributed by atoms with Crippen molar-refractivity contribution in [1.82, 2.24) is 0 Å². The molecule has 0 aliphatic carbocycles. The third-order valence-electron chi connectivity index (χ3n) is 3.54. The Morgan fingerprint density at radius 1 is 1.28 bits per heavy atom. The van der Waals surface area contributed by atoms with Crippen LogP contribution in [-0.2, 0) is 11.2 Å². The van der Waals surface area contributed by atoms with E-state index in [4.69, 9.17) is 13.9 Å². The number of hydrogen-bond acceptors (Lipinski definition) is 6. The monoisotopic (exact) mass is 345 g/mol. The molecule has 1 heterocycles. The van der Waals surface area contributed by atoms with Gasteiger partial charge in [-0.15, -0.1) is 0 Å². The Kier molecular flexibility index (Phi) is 4.34. The highest BCUT2D eigenvalue weighted by atomic mass is 19.1. The van der Waals surface area contributed by atoms with Crippen LogP contribution in [0.1, 0.15) is 5.56 Å². The maximum atomic E-state index is 13.3. The third-order valence-corrected chi connectivity index (χ3v) is 3.54. The van der Waals surface area contributed by atoms with E-state index in [0.29, 0.717) is 22.3 Å². The van der Waals surface area contributed by atoms with Crippen LogP contribution in [0, 0.1) is 15.9 Å². The number of halogens is 1. The first-order valence-corrected chi connectivity index (χ1v) is 7.16. The van der Waals surface area contributed by atoms with E-state index in [9.17, 15) is 19.3 Å². The molecule has 1 aromatic heterocycles. The number of benzene rings is 2. The molecule has 0 radical (unpaired) electrons. The first kappa shape index (κ1) is 16.4. The largest absolute Gasteiger partial charge is 0.497 e. The van der Waals surface area contributed by atoms with Crippen molar-refractivity contribution >= 4 is 22.6 Å². The Balaban J connectivity index is 1.82. The molecule has 2 aromatic carbocycles. The maximum Gasteiger partial charge on any atom is 0.316 e. The van der Waals surface area contributed by atoms with Crippen molar-refractivity contribution in [3.8, 4) is 11.5 Å². The Morgan fingerprint density at radius 3 is 2.80 bits per heavy atom. The van der Waals surface area contributed by atoms with Crippen LogP contribution in [0.5, 0.6) is 11.5 Å². The number of fused-ring (bicyclic) bond motifs is 1. The van der Waals surface area contributed by atoms with Crippen LogP contribution < -0.4 is 9.47 Å². The Morgan fingerprint density at radius 2 is 2.08 bits per heavy atom. The van der Waals surface area contributed by atoms with Crippen molar-refractivity contribution in [3.05, 3.63) is 64.2 Å². The molecule has 0 fully saturated rings. The second kappa shape index (κ2) is 6.60. The zero-order chi connectivity index (χ0) is 18.0. The fraction of sp³-hybridized carbons (Fsp3) is 0.118. The normalized spacial score (nSPS) is 10.6. The van der Waals surface area contributed by atoms with Crippen molar-refractivity contribution in [2.45, 2.75) is 6.42 Å². The molecule has 3 aromatic rings. The quantitative estimate of drug-likeness (QED) is 0.303. The zero-order valence-corrected chi connectivity index (χ0v) is 13.0. The van der Waals surface area contributed by atoms with E-state index in [1.807, 2.05) is 0 Å². The summed E-state index contributed by atoms with van der Waals surface area (Å²) in [6.07, 6.45) is 1.21. The van der Waals surface area contributed by atoms with Crippen LogP contribution in [0.25, 0.3) is 11.0 Å². The van der Waals surface area contributed by atoms with Gasteiger partial charge in [0, 0.05) is 29.1 Å². The first-order valence-electron chi connectivity index (χ1n) is 7.16. The number of esters is 1. The highest BCUT2D eigenvalue weighted by Gasteiger charge is 2.20. The smallest absolute Gasteiger partial charge is 0.316 e. The molecule has 0 saturated carbocycles. The molecule has 0 aliphatic heterocycles. The van der Waals surface area contributed by atoms with E-state index in [0.717, 1.165) is 18.2 Å². The number of methoxy groups -OCH3 is 1. The van der Waals surface area contributed by atoms with Gasteiger partial charge in [0.25, 0.3) is 0 Å². The van der Waals surface area contributed by atoms with Crippen molar-refractivity contribution in [3.63, 3.8) is 0 Å². The van der Waals surface area contributed by atoms with Crippen LogP contribution in [0.15, 0.2) is 47.1 Å². The van der Waals surface area contributed by atoms with E-state index in [1.54, 1.807) is 18.2 Å². The number of rotatable bonds is 5. The van der Waals surface area contributed by atoms with Gasteiger partial charge in [-0.05, 0) is 18.2 Å². The van der Waals surface area contributed by atoms with Crippen LogP contribution in [0.2, 0.25) is 0 Å². The van der Waals surface area contributed by atoms with Crippen molar-refractivity contribution in [1.29, 1.82) is 0 Å². The minimum atomic E-state index is -0.771. The lowest BCUT2D eigenvalue weighted by molar-refractivity contribution is -0.385. The number of nitrogens with zero attached hydrogens (tertiary/aromatic N) is 1. The number of nitro groups is 1. The zero-order valence-electron chi connectivity index (χ0n) is 13.0. The van der Waals surface area contributed by atoms with E-state index in [-0.39, 0.29) is 6.42 Å². The average molecular weight is 345 g/mol. The molecule has 25 heavy (non-hydrogen) atoms. The third kappa shape index (κ3) is 3.42. The molecule has 7 nitrogen and oxygen atoms in total. The lowest BCUT2D eigenvalue weighted by Crippen LogP contribution is -2.12. The minimum absolute atomic E-state index is 0.188. The predicted octanol–water partition coefficient (Wildman–Crippen LogP) is 3.64. The topological polar surface area (TPSA) is 91.8 Å². The summed E-state index contributed by atoms with van der Waals surface area (Å²) < 4.78 is 28.7. The minimum Gasteiger partial charge on any atom is -0.497 e. The highest BCUT2D eigenvalue weighted by molar-refractivity contribution is 5.87. The standard InChI is InChI=1S/C17H12FNO6/c1-23-12-3-4-13-10(9-24-15(13)8-12)6-17(20)25-16-7-11(18)2-5-14(16)19(21)22/h2-5,7-9H,6H2,1H3. The van der Waals surface area contributed by atoms with Crippen LogP contribution in [-0.4, -0.2) is 18.0 Å². The summed E-state index contributed by atoms with van der Waals surface area (Å²) in [6, 6.07) is 7.77. The lowest BCUT2D eigenvalue weighted by atomic mass is 10.1. The molecule has 0 N–H and O–H groups in total. The van der Waals surface area contributed by atoms with Gasteiger partial charge in [-0.2, -0.15) is 0 Å². The Labute approximate surface area is 140 Å². The van der Waals surface area contributed by atoms with Crippen molar-refractivity contribution < 1.29 is 28.0 Å². The molecule has 3 rings (SSSR count). The SMILES string of the molecule is COc1ccc2c(CC(=O)Oc3cc(F)ccc3[N+](=O)[O-])coc2c1. The fourth-order valence-electron chi connectivity index (χ4n) is 2.36. The van der Waals surface area contributed by atoms with Crippen LogP contribution in [0.3, 0.4) is 0 Å².